The number of hydrogen-bond acceptors (Lipinski definition) is 5. The molecular weight excluding hydrogens is 455 g/mol. The summed E-state index contributed by atoms with van der Waals surface area (Å²) in [6, 6.07) is 11.4. The monoisotopic (exact) mass is 476 g/mol. The van der Waals surface area contributed by atoms with Gasteiger partial charge in [-0.1, -0.05) is 29.3 Å². The molecule has 0 heterocycles. The molecule has 10 heteroatoms. The molecule has 2 aromatic carbocycles. The van der Waals surface area contributed by atoms with Crippen molar-refractivity contribution in [3.63, 3.8) is 0 Å². The predicted molar refractivity (Wildman–Crippen MR) is 118 cm³/mol. The molecule has 0 aliphatic carbocycles. The molecule has 0 aliphatic heterocycles. The van der Waals surface area contributed by atoms with Crippen molar-refractivity contribution in [1.29, 1.82) is 0 Å². The number of halogens is 2. The Morgan fingerprint density at radius 3 is 2.48 bits per heavy atom. The summed E-state index contributed by atoms with van der Waals surface area (Å²) in [5, 5.41) is 3.92. The zero-order valence-corrected chi connectivity index (χ0v) is 19.2. The van der Waals surface area contributed by atoms with Gasteiger partial charge < -0.3 is 10.1 Å². The number of benzene rings is 2. The molecule has 0 atom stereocenters. The van der Waals surface area contributed by atoms with E-state index in [4.69, 9.17) is 27.9 Å². The Hall–Kier alpha value is -1.45. The van der Waals surface area contributed by atoms with Crippen molar-refractivity contribution in [3.8, 4) is 5.75 Å². The van der Waals surface area contributed by atoms with Crippen molar-refractivity contribution in [1.82, 2.24) is 9.62 Å². The molecule has 2 rings (SSSR count). The lowest BCUT2D eigenvalue weighted by Crippen LogP contribution is -2.39. The zero-order valence-electron chi connectivity index (χ0n) is 16.0. The lowest BCUT2D eigenvalue weighted by molar-refractivity contribution is -0.121. The lowest BCUT2D eigenvalue weighted by Gasteiger charge is -2.17. The third kappa shape index (κ3) is 7.08. The van der Waals surface area contributed by atoms with Crippen molar-refractivity contribution < 1.29 is 17.9 Å². The first-order valence-corrected chi connectivity index (χ1v) is 12.0. The van der Waals surface area contributed by atoms with Gasteiger partial charge in [-0.25, -0.2) is 8.42 Å². The van der Waals surface area contributed by atoms with Crippen LogP contribution in [0.2, 0.25) is 10.0 Å². The van der Waals surface area contributed by atoms with Crippen LogP contribution in [0.4, 0.5) is 0 Å². The molecule has 2 aromatic rings. The standard InChI is InChI=1S/C19H22Cl2N2O4S2/c1-23(29(25,26)17-7-5-16(27-2)6-8-17)12-19(24)22-9-10-28-13-14-3-4-15(20)11-18(14)21/h3-8,11H,9-10,12-13H2,1-2H3,(H,22,24). The third-order valence-electron chi connectivity index (χ3n) is 3.98. The van der Waals surface area contributed by atoms with E-state index < -0.39 is 10.0 Å². The topological polar surface area (TPSA) is 75.7 Å². The second-order valence-corrected chi connectivity index (χ2v) is 10.1. The smallest absolute Gasteiger partial charge is 0.243 e. The van der Waals surface area contributed by atoms with Gasteiger partial charge in [0.1, 0.15) is 5.75 Å². The van der Waals surface area contributed by atoms with Gasteiger partial charge in [0.15, 0.2) is 0 Å². The zero-order chi connectivity index (χ0) is 21.4. The molecule has 0 unspecified atom stereocenters. The van der Waals surface area contributed by atoms with E-state index in [0.29, 0.717) is 33.8 Å². The second kappa shape index (κ2) is 11.1. The number of hydrogen-bond donors (Lipinski definition) is 1. The Kier molecular flexibility index (Phi) is 9.10. The van der Waals surface area contributed by atoms with Gasteiger partial charge >= 0.3 is 0 Å². The highest BCUT2D eigenvalue weighted by Crippen LogP contribution is 2.24. The van der Waals surface area contributed by atoms with Gasteiger partial charge in [-0.05, 0) is 42.0 Å². The molecule has 0 saturated carbocycles. The number of nitrogens with one attached hydrogen (secondary N) is 1. The van der Waals surface area contributed by atoms with E-state index in [1.807, 2.05) is 6.07 Å². The fourth-order valence-electron chi connectivity index (χ4n) is 2.35. The predicted octanol–water partition coefficient (Wildman–Crippen LogP) is 3.67. The van der Waals surface area contributed by atoms with Crippen LogP contribution in [0.1, 0.15) is 5.56 Å². The van der Waals surface area contributed by atoms with Crippen molar-refractivity contribution in [2.24, 2.45) is 0 Å². The van der Waals surface area contributed by atoms with Crippen LogP contribution in [0.15, 0.2) is 47.4 Å². The number of sulfonamides is 1. The first kappa shape index (κ1) is 23.8. The van der Waals surface area contributed by atoms with Gasteiger partial charge in [0.2, 0.25) is 15.9 Å². The summed E-state index contributed by atoms with van der Waals surface area (Å²) in [5.41, 5.74) is 0.970. The molecule has 0 bridgehead atoms. The van der Waals surface area contributed by atoms with E-state index in [1.165, 1.54) is 26.3 Å². The normalized spacial score (nSPS) is 11.5. The highest BCUT2D eigenvalue weighted by atomic mass is 35.5. The summed E-state index contributed by atoms with van der Waals surface area (Å²) in [6.45, 7) is 0.160. The molecule has 0 radical (unpaired) electrons. The maximum absolute atomic E-state index is 12.5. The van der Waals surface area contributed by atoms with Crippen LogP contribution in [0.3, 0.4) is 0 Å². The first-order chi connectivity index (χ1) is 13.7. The van der Waals surface area contributed by atoms with E-state index in [1.54, 1.807) is 36.0 Å². The fraction of sp³-hybridized carbons (Fsp3) is 0.316. The van der Waals surface area contributed by atoms with Crippen LogP contribution < -0.4 is 10.1 Å². The molecule has 1 amide bonds. The van der Waals surface area contributed by atoms with Crippen LogP contribution in [-0.2, 0) is 20.6 Å². The van der Waals surface area contributed by atoms with Crippen LogP contribution in [-0.4, -0.2) is 51.6 Å². The van der Waals surface area contributed by atoms with Gasteiger partial charge in [-0.2, -0.15) is 16.1 Å². The summed E-state index contributed by atoms with van der Waals surface area (Å²) < 4.78 is 31.1. The number of carbonyl (C=O) groups excluding carboxylic acids is 1. The van der Waals surface area contributed by atoms with Crippen LogP contribution in [0.25, 0.3) is 0 Å². The number of carbonyl (C=O) groups is 1. The lowest BCUT2D eigenvalue weighted by atomic mass is 10.2. The molecule has 158 valence electrons. The Bertz CT molecular complexity index is 938. The molecule has 1 N–H and O–H groups in total. The third-order valence-corrected chi connectivity index (χ3v) is 7.39. The number of methoxy groups -OCH3 is 1. The maximum atomic E-state index is 12.5. The number of rotatable bonds is 10. The second-order valence-electron chi connectivity index (χ2n) is 6.07. The van der Waals surface area contributed by atoms with Crippen molar-refractivity contribution >= 4 is 50.9 Å². The molecule has 0 spiro atoms. The first-order valence-electron chi connectivity index (χ1n) is 8.63. The Morgan fingerprint density at radius 2 is 1.86 bits per heavy atom. The molecule has 29 heavy (non-hydrogen) atoms. The molecule has 6 nitrogen and oxygen atoms in total. The Morgan fingerprint density at radius 1 is 1.17 bits per heavy atom. The van der Waals surface area contributed by atoms with Gasteiger partial charge in [0.25, 0.3) is 0 Å². The summed E-state index contributed by atoms with van der Waals surface area (Å²) in [7, 11) is -0.879. The van der Waals surface area contributed by atoms with E-state index in [2.05, 4.69) is 5.32 Å². The summed E-state index contributed by atoms with van der Waals surface area (Å²) in [4.78, 5) is 12.2. The van der Waals surface area contributed by atoms with Crippen LogP contribution in [0.5, 0.6) is 5.75 Å². The number of likely N-dealkylation sites (N-methyl/N-ethyl adjacent to an activating group) is 1. The van der Waals surface area contributed by atoms with Gasteiger partial charge in [0, 0.05) is 35.1 Å². The maximum Gasteiger partial charge on any atom is 0.243 e. The molecule has 0 aromatic heterocycles. The van der Waals surface area contributed by atoms with E-state index >= 15 is 0 Å². The fourth-order valence-corrected chi connectivity index (χ4v) is 4.90. The van der Waals surface area contributed by atoms with Gasteiger partial charge in [-0.15, -0.1) is 0 Å². The summed E-state index contributed by atoms with van der Waals surface area (Å²) >= 11 is 13.6. The van der Waals surface area contributed by atoms with Gasteiger partial charge in [0.05, 0.1) is 18.6 Å². The van der Waals surface area contributed by atoms with Gasteiger partial charge in [-0.3, -0.25) is 4.79 Å². The van der Waals surface area contributed by atoms with Crippen molar-refractivity contribution in [3.05, 3.63) is 58.1 Å². The number of thioether (sulfide) groups is 1. The SMILES string of the molecule is COc1ccc(S(=O)(=O)N(C)CC(=O)NCCSCc2ccc(Cl)cc2Cl)cc1. The Labute approximate surface area is 185 Å². The van der Waals surface area contributed by atoms with Crippen LogP contribution in [0, 0.1) is 0 Å². The molecule has 0 aliphatic rings. The Balaban J connectivity index is 1.76. The minimum absolute atomic E-state index is 0.101. The van der Waals surface area contributed by atoms with E-state index in [0.717, 1.165) is 9.87 Å². The molecule has 0 saturated heterocycles. The number of nitrogens with zero attached hydrogens (tertiary/aromatic N) is 1. The van der Waals surface area contributed by atoms with Crippen molar-refractivity contribution in [2.75, 3.05) is 33.0 Å². The van der Waals surface area contributed by atoms with E-state index in [-0.39, 0.29) is 17.3 Å². The largest absolute Gasteiger partial charge is 0.497 e. The minimum atomic E-state index is -3.75. The summed E-state index contributed by atoms with van der Waals surface area (Å²) in [6.07, 6.45) is 0. The highest BCUT2D eigenvalue weighted by molar-refractivity contribution is 7.98. The molecular formula is C19H22Cl2N2O4S2. The average Bonchev–Trinajstić information content (AvgIpc) is 2.69. The van der Waals surface area contributed by atoms with Crippen LogP contribution >= 0.6 is 35.0 Å². The van der Waals surface area contributed by atoms with Crippen molar-refractivity contribution in [2.45, 2.75) is 10.6 Å². The van der Waals surface area contributed by atoms with E-state index in [9.17, 15) is 13.2 Å². The molecule has 0 fully saturated rings. The number of ether oxygens (including phenoxy) is 1. The number of amides is 1. The quantitative estimate of drug-likeness (QED) is 0.529. The highest BCUT2D eigenvalue weighted by Gasteiger charge is 2.22. The minimum Gasteiger partial charge on any atom is -0.497 e. The average molecular weight is 477 g/mol. The summed E-state index contributed by atoms with van der Waals surface area (Å²) in [5.74, 6) is 1.55.